The zero-order valence-corrected chi connectivity index (χ0v) is 30.7. The molecule has 0 aliphatic carbocycles. The lowest BCUT2D eigenvalue weighted by atomic mass is 9.83. The average Bonchev–Trinajstić information content (AvgIpc) is 3.52. The molecule has 3 aliphatic rings. The van der Waals surface area contributed by atoms with Crippen LogP contribution in [0, 0.1) is 10.1 Å². The summed E-state index contributed by atoms with van der Waals surface area (Å²) in [6.07, 6.45) is 2.81. The average molecular weight is 755 g/mol. The minimum Gasteiger partial charge on any atom is -0.495 e. The number of non-ortho nitro benzene ring substituents is 1. The van der Waals surface area contributed by atoms with Gasteiger partial charge in [0.15, 0.2) is 0 Å². The van der Waals surface area contributed by atoms with Gasteiger partial charge in [-0.05, 0) is 43.7 Å². The zero-order valence-electron chi connectivity index (χ0n) is 28.2. The Balaban J connectivity index is 1.81. The van der Waals surface area contributed by atoms with Crippen LogP contribution in [0.15, 0.2) is 73.7 Å². The number of fused-ring (bicyclic) bond motifs is 3. The zero-order chi connectivity index (χ0) is 37.4. The van der Waals surface area contributed by atoms with Gasteiger partial charge in [-0.2, -0.15) is 0 Å². The molecular formula is C34H30N2O12S3. The number of carbonyl (C=O) groups excluding carboxylic acids is 5. The standard InChI is InChI=1S/C34H30N2O12S3/c1-33(2)28-22(19-9-8-10-20(44-3)24(19)35(33)21(37)16-13-17-11-14-18(15-12-17)36(42)43)34(23(29(38)45-4)25(49-28)30(39)46-5)50-26(31(40)47-6)27(51-34)32(41)48-7/h8-16H,1-7H3. The molecular weight excluding hydrogens is 725 g/mol. The fourth-order valence-corrected chi connectivity index (χ4v) is 10.9. The molecule has 1 spiro atoms. The Kier molecular flexibility index (Phi) is 10.5. The number of amides is 1. The van der Waals surface area contributed by atoms with E-state index in [1.165, 1.54) is 48.4 Å². The number of nitro groups is 1. The molecule has 266 valence electrons. The molecule has 0 fully saturated rings. The fraction of sp³-hybridized carbons (Fsp3) is 0.265. The van der Waals surface area contributed by atoms with Crippen molar-refractivity contribution in [3.8, 4) is 5.75 Å². The Morgan fingerprint density at radius 1 is 0.784 bits per heavy atom. The molecule has 51 heavy (non-hydrogen) atoms. The number of esters is 4. The summed E-state index contributed by atoms with van der Waals surface area (Å²) < 4.78 is 24.4. The van der Waals surface area contributed by atoms with Gasteiger partial charge in [0.25, 0.3) is 11.6 Å². The quantitative estimate of drug-likeness (QED) is 0.112. The predicted molar refractivity (Wildman–Crippen MR) is 191 cm³/mol. The molecule has 1 amide bonds. The number of carbonyl (C=O) groups is 5. The largest absolute Gasteiger partial charge is 0.495 e. The van der Waals surface area contributed by atoms with Crippen molar-refractivity contribution in [1.82, 2.24) is 0 Å². The number of anilines is 1. The normalized spacial score (nSPS) is 17.2. The minimum atomic E-state index is -1.76. The second-order valence-electron chi connectivity index (χ2n) is 11.2. The van der Waals surface area contributed by atoms with Gasteiger partial charge in [0.05, 0.1) is 57.3 Å². The maximum Gasteiger partial charge on any atom is 0.345 e. The highest BCUT2D eigenvalue weighted by molar-refractivity contribution is 8.26. The highest BCUT2D eigenvalue weighted by Gasteiger charge is 2.62. The highest BCUT2D eigenvalue weighted by Crippen LogP contribution is 2.71. The Morgan fingerprint density at radius 2 is 1.33 bits per heavy atom. The van der Waals surface area contributed by atoms with E-state index in [2.05, 4.69) is 0 Å². The molecule has 17 heteroatoms. The van der Waals surface area contributed by atoms with Crippen LogP contribution in [0.1, 0.15) is 25.0 Å². The van der Waals surface area contributed by atoms with Crippen molar-refractivity contribution in [3.05, 3.63) is 95.0 Å². The smallest absolute Gasteiger partial charge is 0.345 e. The lowest BCUT2D eigenvalue weighted by Crippen LogP contribution is -2.53. The lowest BCUT2D eigenvalue weighted by molar-refractivity contribution is -0.384. The molecule has 0 atom stereocenters. The first kappa shape index (κ1) is 37.3. The first-order valence-electron chi connectivity index (χ1n) is 14.8. The summed E-state index contributed by atoms with van der Waals surface area (Å²) in [5, 5.41) is 11.1. The number of benzene rings is 2. The van der Waals surface area contributed by atoms with Gasteiger partial charge in [0.1, 0.15) is 24.5 Å². The van der Waals surface area contributed by atoms with E-state index in [0.29, 0.717) is 27.3 Å². The lowest BCUT2D eigenvalue weighted by Gasteiger charge is -2.50. The second kappa shape index (κ2) is 14.3. The summed E-state index contributed by atoms with van der Waals surface area (Å²) in [4.78, 5) is 80.1. The Bertz CT molecular complexity index is 1990. The van der Waals surface area contributed by atoms with Crippen molar-refractivity contribution in [2.24, 2.45) is 0 Å². The van der Waals surface area contributed by atoms with Crippen LogP contribution in [-0.2, 0) is 42.9 Å². The Morgan fingerprint density at radius 3 is 1.84 bits per heavy atom. The van der Waals surface area contributed by atoms with Gasteiger partial charge in [-0.1, -0.05) is 47.4 Å². The van der Waals surface area contributed by atoms with Gasteiger partial charge in [-0.3, -0.25) is 19.8 Å². The molecule has 0 saturated heterocycles. The molecule has 5 rings (SSSR count). The summed E-state index contributed by atoms with van der Waals surface area (Å²) in [5.74, 6) is -3.86. The first-order chi connectivity index (χ1) is 24.2. The van der Waals surface area contributed by atoms with Crippen molar-refractivity contribution in [2.75, 3.05) is 40.4 Å². The molecule has 0 radical (unpaired) electrons. The van der Waals surface area contributed by atoms with Gasteiger partial charge in [0.2, 0.25) is 0 Å². The molecule has 14 nitrogen and oxygen atoms in total. The van der Waals surface area contributed by atoms with Crippen LogP contribution >= 0.6 is 35.3 Å². The molecule has 2 aromatic rings. The number of nitrogens with zero attached hydrogens (tertiary/aromatic N) is 2. The number of methoxy groups -OCH3 is 5. The number of hydrogen-bond donors (Lipinski definition) is 0. The van der Waals surface area contributed by atoms with E-state index in [9.17, 15) is 34.1 Å². The van der Waals surface area contributed by atoms with E-state index in [4.69, 9.17) is 23.7 Å². The van der Waals surface area contributed by atoms with Crippen molar-refractivity contribution < 1.29 is 52.6 Å². The molecule has 3 aliphatic heterocycles. The molecule has 2 aromatic carbocycles. The summed E-state index contributed by atoms with van der Waals surface area (Å²) in [6, 6.07) is 10.6. The molecule has 0 unspecified atom stereocenters. The number of ether oxygens (including phenoxy) is 5. The molecule has 3 heterocycles. The fourth-order valence-electron chi connectivity index (χ4n) is 5.82. The maximum absolute atomic E-state index is 14.4. The van der Waals surface area contributed by atoms with Crippen LogP contribution in [0.5, 0.6) is 5.75 Å². The summed E-state index contributed by atoms with van der Waals surface area (Å²) in [5.41, 5.74) is -0.0530. The predicted octanol–water partition coefficient (Wildman–Crippen LogP) is 5.23. The number of thioether (sulfide) groups is 3. The number of hydrogen-bond acceptors (Lipinski definition) is 15. The van der Waals surface area contributed by atoms with E-state index >= 15 is 0 Å². The molecule has 0 saturated carbocycles. The highest BCUT2D eigenvalue weighted by atomic mass is 32.2. The van der Waals surface area contributed by atoms with E-state index < -0.39 is 44.3 Å². The van der Waals surface area contributed by atoms with Crippen LogP contribution < -0.4 is 9.64 Å². The summed E-state index contributed by atoms with van der Waals surface area (Å²) >= 11 is 2.52. The van der Waals surface area contributed by atoms with E-state index in [0.717, 1.165) is 63.7 Å². The summed E-state index contributed by atoms with van der Waals surface area (Å²) in [6.45, 7) is 3.46. The third-order valence-corrected chi connectivity index (χ3v) is 12.7. The van der Waals surface area contributed by atoms with E-state index in [1.54, 1.807) is 32.0 Å². The van der Waals surface area contributed by atoms with Crippen LogP contribution in [0.2, 0.25) is 0 Å². The summed E-state index contributed by atoms with van der Waals surface area (Å²) in [7, 11) is 5.96. The molecule has 0 bridgehead atoms. The van der Waals surface area contributed by atoms with Crippen molar-refractivity contribution >= 4 is 88.1 Å². The second-order valence-corrected chi connectivity index (χ2v) is 15.0. The van der Waals surface area contributed by atoms with Crippen LogP contribution in [0.3, 0.4) is 0 Å². The van der Waals surface area contributed by atoms with Gasteiger partial charge < -0.3 is 23.7 Å². The Hall–Kier alpha value is -5.00. The van der Waals surface area contributed by atoms with Gasteiger partial charge in [-0.25, -0.2) is 19.2 Å². The maximum atomic E-state index is 14.4. The first-order valence-corrected chi connectivity index (χ1v) is 17.2. The molecule has 0 aromatic heterocycles. The third kappa shape index (κ3) is 6.18. The number of nitro benzene ring substituents is 1. The molecule has 0 N–H and O–H groups in total. The topological polar surface area (TPSA) is 178 Å². The van der Waals surface area contributed by atoms with Gasteiger partial charge >= 0.3 is 23.9 Å². The number of para-hydroxylation sites is 1. The SMILES string of the molecule is COC(=O)C1=C(C(=O)OC)SC2(S1)C(C(=O)OC)=C(C(=O)OC)SC1=C2c2cccc(OC)c2N(C(=O)C=Cc2ccc([N+](=O)[O-])cc2)C1(C)C. The monoisotopic (exact) mass is 754 g/mol. The third-order valence-electron chi connectivity index (χ3n) is 8.09. The van der Waals surface area contributed by atoms with E-state index in [-0.39, 0.29) is 31.7 Å². The van der Waals surface area contributed by atoms with E-state index in [1.807, 2.05) is 0 Å². The Labute approximate surface area is 304 Å². The van der Waals surface area contributed by atoms with Crippen LogP contribution in [0.4, 0.5) is 11.4 Å². The minimum absolute atomic E-state index is 0.110. The number of rotatable bonds is 8. The van der Waals surface area contributed by atoms with Crippen LogP contribution in [-0.4, -0.2) is 79.9 Å². The van der Waals surface area contributed by atoms with Crippen molar-refractivity contribution in [3.63, 3.8) is 0 Å². The van der Waals surface area contributed by atoms with Gasteiger partial charge in [-0.15, -0.1) is 0 Å². The van der Waals surface area contributed by atoms with Crippen molar-refractivity contribution in [2.45, 2.75) is 23.5 Å². The van der Waals surface area contributed by atoms with Gasteiger partial charge in [0, 0.05) is 34.3 Å². The van der Waals surface area contributed by atoms with Crippen LogP contribution in [0.25, 0.3) is 11.6 Å². The van der Waals surface area contributed by atoms with Crippen molar-refractivity contribution in [1.29, 1.82) is 0 Å².